The van der Waals surface area contributed by atoms with Crippen LogP contribution in [-0.4, -0.2) is 25.0 Å². The molecule has 0 atom stereocenters. The van der Waals surface area contributed by atoms with Gasteiger partial charge in [-0.1, -0.05) is 30.3 Å². The number of para-hydroxylation sites is 1. The van der Waals surface area contributed by atoms with Gasteiger partial charge in [-0.05, 0) is 30.7 Å². The average Bonchev–Trinajstić information content (AvgIpc) is 2.97. The molecule has 3 aromatic rings. The number of hydrazone groups is 1. The predicted molar refractivity (Wildman–Crippen MR) is 111 cm³/mol. The maximum atomic E-state index is 5.34. The molecule has 0 aliphatic heterocycles. The number of benzene rings is 2. The number of hydrogen-bond acceptors (Lipinski definition) is 4. The molecule has 5 heteroatoms. The van der Waals surface area contributed by atoms with Gasteiger partial charge in [-0.15, -0.1) is 6.58 Å². The lowest BCUT2D eigenvalue weighted by Crippen LogP contribution is -2.06. The summed E-state index contributed by atoms with van der Waals surface area (Å²) in [6.07, 6.45) is 3.80. The molecule has 0 unspecified atom stereocenters. The Kier molecular flexibility index (Phi) is 5.81. The van der Waals surface area contributed by atoms with Crippen LogP contribution in [0, 0.1) is 6.92 Å². The van der Waals surface area contributed by atoms with Crippen molar-refractivity contribution in [2.75, 3.05) is 14.2 Å². The van der Waals surface area contributed by atoms with E-state index in [0.717, 1.165) is 23.4 Å². The molecule has 0 fully saturated rings. The van der Waals surface area contributed by atoms with E-state index in [-0.39, 0.29) is 0 Å². The molecule has 0 spiro atoms. The second kappa shape index (κ2) is 8.45. The minimum atomic E-state index is 0.598. The highest BCUT2D eigenvalue weighted by Gasteiger charge is 2.11. The molecule has 0 aliphatic carbocycles. The summed E-state index contributed by atoms with van der Waals surface area (Å²) in [4.78, 5) is 0. The Labute approximate surface area is 159 Å². The summed E-state index contributed by atoms with van der Waals surface area (Å²) in [6.45, 7) is 7.35. The molecule has 1 aromatic heterocycles. The van der Waals surface area contributed by atoms with Crippen LogP contribution in [0.25, 0.3) is 10.9 Å². The van der Waals surface area contributed by atoms with Gasteiger partial charge in [-0.25, -0.2) is 0 Å². The minimum absolute atomic E-state index is 0.598. The number of nitrogens with zero attached hydrogens (tertiary/aromatic N) is 2. The van der Waals surface area contributed by atoms with Crippen LogP contribution in [0.3, 0.4) is 0 Å². The van der Waals surface area contributed by atoms with Crippen molar-refractivity contribution in [3.63, 3.8) is 0 Å². The van der Waals surface area contributed by atoms with Gasteiger partial charge in [0.1, 0.15) is 0 Å². The number of rotatable bonds is 8. The number of ether oxygens (including phenoxy) is 2. The van der Waals surface area contributed by atoms with E-state index in [1.165, 1.54) is 16.6 Å². The molecule has 0 radical (unpaired) electrons. The first-order valence-electron chi connectivity index (χ1n) is 8.85. The molecule has 3 rings (SSSR count). The van der Waals surface area contributed by atoms with E-state index in [9.17, 15) is 0 Å². The van der Waals surface area contributed by atoms with Crippen molar-refractivity contribution in [1.29, 1.82) is 0 Å². The fraction of sp³-hybridized carbons (Fsp3) is 0.227. The van der Waals surface area contributed by atoms with Crippen molar-refractivity contribution in [3.05, 3.63) is 71.9 Å². The van der Waals surface area contributed by atoms with Gasteiger partial charge in [0, 0.05) is 28.7 Å². The minimum Gasteiger partial charge on any atom is -0.493 e. The smallest absolute Gasteiger partial charge is 0.161 e. The zero-order chi connectivity index (χ0) is 19.2. The third-order valence-electron chi connectivity index (χ3n) is 4.61. The van der Waals surface area contributed by atoms with E-state index in [1.807, 2.05) is 30.5 Å². The number of hydrogen-bond donors (Lipinski definition) is 1. The van der Waals surface area contributed by atoms with Crippen LogP contribution < -0.4 is 14.9 Å². The molecule has 0 aliphatic rings. The Morgan fingerprint density at radius 1 is 1.11 bits per heavy atom. The van der Waals surface area contributed by atoms with Crippen molar-refractivity contribution < 1.29 is 9.47 Å². The summed E-state index contributed by atoms with van der Waals surface area (Å²) in [5, 5.41) is 5.62. The van der Waals surface area contributed by atoms with Crippen LogP contribution in [0.1, 0.15) is 16.8 Å². The number of methoxy groups -OCH3 is 2. The van der Waals surface area contributed by atoms with E-state index < -0.39 is 0 Å². The Balaban J connectivity index is 1.77. The molecule has 1 heterocycles. The lowest BCUT2D eigenvalue weighted by atomic mass is 10.1. The topological polar surface area (TPSA) is 47.8 Å². The van der Waals surface area contributed by atoms with Crippen LogP contribution in [0.2, 0.25) is 0 Å². The van der Waals surface area contributed by atoms with Gasteiger partial charge in [-0.2, -0.15) is 5.10 Å². The van der Waals surface area contributed by atoms with Crippen molar-refractivity contribution in [1.82, 2.24) is 9.99 Å². The highest BCUT2D eigenvalue weighted by molar-refractivity contribution is 6.01. The van der Waals surface area contributed by atoms with Crippen LogP contribution in [-0.2, 0) is 13.1 Å². The summed E-state index contributed by atoms with van der Waals surface area (Å²) >= 11 is 0. The van der Waals surface area contributed by atoms with Gasteiger partial charge in [0.15, 0.2) is 11.5 Å². The molecule has 0 saturated heterocycles. The van der Waals surface area contributed by atoms with Gasteiger partial charge in [0.2, 0.25) is 0 Å². The van der Waals surface area contributed by atoms with Crippen molar-refractivity contribution in [2.45, 2.75) is 20.0 Å². The Morgan fingerprint density at radius 3 is 2.63 bits per heavy atom. The number of fused-ring (bicyclic) bond motifs is 1. The van der Waals surface area contributed by atoms with E-state index in [4.69, 9.17) is 9.47 Å². The summed E-state index contributed by atoms with van der Waals surface area (Å²) < 4.78 is 12.9. The van der Waals surface area contributed by atoms with Gasteiger partial charge in [0.05, 0.1) is 27.0 Å². The summed E-state index contributed by atoms with van der Waals surface area (Å²) in [5.74, 6) is 1.43. The molecule has 140 valence electrons. The van der Waals surface area contributed by atoms with Crippen LogP contribution >= 0.6 is 0 Å². The lowest BCUT2D eigenvalue weighted by Gasteiger charge is -2.09. The van der Waals surface area contributed by atoms with Crippen LogP contribution in [0.15, 0.2) is 60.2 Å². The second-order valence-electron chi connectivity index (χ2n) is 6.20. The zero-order valence-electron chi connectivity index (χ0n) is 16.0. The molecule has 2 aromatic carbocycles. The normalized spacial score (nSPS) is 11.1. The van der Waals surface area contributed by atoms with E-state index >= 15 is 0 Å². The fourth-order valence-electron chi connectivity index (χ4n) is 3.22. The summed E-state index contributed by atoms with van der Waals surface area (Å²) in [7, 11) is 3.26. The van der Waals surface area contributed by atoms with Gasteiger partial charge in [-0.3, -0.25) is 0 Å². The van der Waals surface area contributed by atoms with Crippen molar-refractivity contribution >= 4 is 17.1 Å². The van der Waals surface area contributed by atoms with Crippen LogP contribution in [0.4, 0.5) is 0 Å². The Hall–Kier alpha value is -3.21. The third-order valence-corrected chi connectivity index (χ3v) is 4.61. The first-order valence-corrected chi connectivity index (χ1v) is 8.85. The molecule has 0 amide bonds. The van der Waals surface area contributed by atoms with Gasteiger partial charge in [0.25, 0.3) is 0 Å². The zero-order valence-corrected chi connectivity index (χ0v) is 16.0. The van der Waals surface area contributed by atoms with E-state index in [2.05, 4.69) is 52.9 Å². The largest absolute Gasteiger partial charge is 0.493 e. The van der Waals surface area contributed by atoms with Crippen molar-refractivity contribution in [2.24, 2.45) is 5.10 Å². The lowest BCUT2D eigenvalue weighted by molar-refractivity contribution is 0.354. The third kappa shape index (κ3) is 3.82. The standard InChI is InChI=1S/C22H25N3O2/c1-5-12-25-16(2)19(18-8-6-7-9-20(18)25)15-24-23-14-17-10-11-21(26-3)22(13-17)27-4/h5-11,13,15,23H,1,12,14H2,2-4H3/b24-15+. The Bertz CT molecular complexity index is 973. The first-order chi connectivity index (χ1) is 13.2. The maximum absolute atomic E-state index is 5.34. The monoisotopic (exact) mass is 363 g/mol. The number of aromatic nitrogens is 1. The summed E-state index contributed by atoms with van der Waals surface area (Å²) in [5.41, 5.74) is 7.66. The molecule has 0 bridgehead atoms. The molecule has 5 nitrogen and oxygen atoms in total. The van der Waals surface area contributed by atoms with E-state index in [0.29, 0.717) is 12.3 Å². The first kappa shape index (κ1) is 18.6. The SMILES string of the molecule is C=CCn1c(C)c(/C=N/NCc2ccc(OC)c(OC)c2)c2ccccc21. The molecular weight excluding hydrogens is 338 g/mol. The second-order valence-corrected chi connectivity index (χ2v) is 6.20. The Morgan fingerprint density at radius 2 is 1.89 bits per heavy atom. The molecule has 1 N–H and O–H groups in total. The highest BCUT2D eigenvalue weighted by Crippen LogP contribution is 2.27. The average molecular weight is 363 g/mol. The van der Waals surface area contributed by atoms with Gasteiger partial charge >= 0.3 is 0 Å². The molecule has 27 heavy (non-hydrogen) atoms. The highest BCUT2D eigenvalue weighted by atomic mass is 16.5. The molecular formula is C22H25N3O2. The molecule has 0 saturated carbocycles. The predicted octanol–water partition coefficient (Wildman–Crippen LogP) is 4.28. The van der Waals surface area contributed by atoms with Gasteiger partial charge < -0.3 is 19.5 Å². The fourth-order valence-corrected chi connectivity index (χ4v) is 3.22. The maximum Gasteiger partial charge on any atom is 0.161 e. The number of allylic oxidation sites excluding steroid dienone is 1. The quantitative estimate of drug-likeness (QED) is 0.369. The number of nitrogens with one attached hydrogen (secondary N) is 1. The van der Waals surface area contributed by atoms with Crippen molar-refractivity contribution in [3.8, 4) is 11.5 Å². The summed E-state index contributed by atoms with van der Waals surface area (Å²) in [6, 6.07) is 14.2. The van der Waals surface area contributed by atoms with E-state index in [1.54, 1.807) is 14.2 Å². The van der Waals surface area contributed by atoms with Crippen LogP contribution in [0.5, 0.6) is 11.5 Å².